The van der Waals surface area contributed by atoms with Crippen LogP contribution < -0.4 is 10.2 Å². The molecule has 2 heterocycles. The predicted molar refractivity (Wildman–Crippen MR) is 115 cm³/mol. The van der Waals surface area contributed by atoms with Gasteiger partial charge in [-0.25, -0.2) is 4.98 Å². The average Bonchev–Trinajstić information content (AvgIpc) is 3.10. The number of hydrogen-bond donors (Lipinski definition) is 1. The van der Waals surface area contributed by atoms with E-state index in [0.717, 1.165) is 37.4 Å². The minimum atomic E-state index is -0.103. The van der Waals surface area contributed by atoms with Gasteiger partial charge in [0.05, 0.1) is 12.1 Å². The van der Waals surface area contributed by atoms with Crippen LogP contribution in [0.4, 0.5) is 11.4 Å². The predicted octanol–water partition coefficient (Wildman–Crippen LogP) is 3.58. The first kappa shape index (κ1) is 19.2. The number of anilines is 2. The van der Waals surface area contributed by atoms with E-state index < -0.39 is 0 Å². The van der Waals surface area contributed by atoms with Crippen LogP contribution in [0.1, 0.15) is 11.5 Å². The molecule has 0 bridgehead atoms. The Balaban J connectivity index is 1.37. The number of piperazine rings is 1. The molecule has 0 unspecified atom stereocenters. The van der Waals surface area contributed by atoms with Gasteiger partial charge in [0.15, 0.2) is 0 Å². The minimum absolute atomic E-state index is 0.103. The fourth-order valence-electron chi connectivity index (χ4n) is 3.47. The first-order valence-electron chi connectivity index (χ1n) is 9.93. The first-order chi connectivity index (χ1) is 14.1. The highest BCUT2D eigenvalue weighted by Crippen LogP contribution is 2.23. The largest absolute Gasteiger partial charge is 0.441 e. The van der Waals surface area contributed by atoms with Gasteiger partial charge in [-0.3, -0.25) is 4.79 Å². The molecule has 1 aliphatic heterocycles. The standard InChI is InChI=1S/C23H26N4O2/c1-17-21(25-23(29-17)18-6-4-3-5-7-18)16-22(28)24-19-8-10-20(11-9-19)27-14-12-26(2)13-15-27/h3-11H,12-16H2,1-2H3,(H,24,28). The van der Waals surface area contributed by atoms with E-state index >= 15 is 0 Å². The van der Waals surface area contributed by atoms with E-state index in [-0.39, 0.29) is 12.3 Å². The molecule has 0 radical (unpaired) electrons. The van der Waals surface area contributed by atoms with Crippen molar-refractivity contribution in [3.05, 3.63) is 66.1 Å². The Morgan fingerprint density at radius 1 is 1.03 bits per heavy atom. The molecule has 1 aliphatic rings. The molecule has 1 aromatic heterocycles. The van der Waals surface area contributed by atoms with E-state index in [2.05, 4.69) is 39.3 Å². The third kappa shape index (κ3) is 4.66. The molecule has 1 amide bonds. The van der Waals surface area contributed by atoms with E-state index in [0.29, 0.717) is 17.3 Å². The summed E-state index contributed by atoms with van der Waals surface area (Å²) in [5, 5.41) is 2.96. The number of carbonyl (C=O) groups is 1. The maximum atomic E-state index is 12.5. The summed E-state index contributed by atoms with van der Waals surface area (Å²) < 4.78 is 5.74. The number of likely N-dealkylation sites (N-methyl/N-ethyl adjacent to an activating group) is 1. The Morgan fingerprint density at radius 3 is 2.41 bits per heavy atom. The second-order valence-corrected chi connectivity index (χ2v) is 7.45. The Morgan fingerprint density at radius 2 is 1.72 bits per heavy atom. The molecule has 6 heteroatoms. The molecule has 1 N–H and O–H groups in total. The molecule has 150 valence electrons. The lowest BCUT2D eigenvalue weighted by Crippen LogP contribution is -2.44. The molecular weight excluding hydrogens is 364 g/mol. The second-order valence-electron chi connectivity index (χ2n) is 7.45. The number of nitrogens with zero attached hydrogens (tertiary/aromatic N) is 3. The Labute approximate surface area is 171 Å². The van der Waals surface area contributed by atoms with Crippen LogP contribution in [0.25, 0.3) is 11.5 Å². The highest BCUT2D eigenvalue weighted by Gasteiger charge is 2.16. The van der Waals surface area contributed by atoms with Crippen molar-refractivity contribution in [2.45, 2.75) is 13.3 Å². The summed E-state index contributed by atoms with van der Waals surface area (Å²) in [5.41, 5.74) is 3.55. The zero-order chi connectivity index (χ0) is 20.2. The van der Waals surface area contributed by atoms with Gasteiger partial charge in [0.25, 0.3) is 0 Å². The Kier molecular flexibility index (Phi) is 5.62. The third-order valence-corrected chi connectivity index (χ3v) is 5.26. The van der Waals surface area contributed by atoms with Crippen molar-refractivity contribution in [1.82, 2.24) is 9.88 Å². The van der Waals surface area contributed by atoms with Gasteiger partial charge in [0.1, 0.15) is 5.76 Å². The van der Waals surface area contributed by atoms with Gasteiger partial charge in [-0.15, -0.1) is 0 Å². The molecule has 1 saturated heterocycles. The highest BCUT2D eigenvalue weighted by atomic mass is 16.4. The van der Waals surface area contributed by atoms with E-state index in [1.165, 1.54) is 5.69 Å². The summed E-state index contributed by atoms with van der Waals surface area (Å²) in [6.45, 7) is 6.03. The van der Waals surface area contributed by atoms with Crippen LogP contribution in [0, 0.1) is 6.92 Å². The number of amides is 1. The smallest absolute Gasteiger partial charge is 0.230 e. The monoisotopic (exact) mass is 390 g/mol. The lowest BCUT2D eigenvalue weighted by molar-refractivity contribution is -0.115. The zero-order valence-electron chi connectivity index (χ0n) is 16.9. The van der Waals surface area contributed by atoms with Crippen LogP contribution >= 0.6 is 0 Å². The number of nitrogens with one attached hydrogen (secondary N) is 1. The molecular formula is C23H26N4O2. The van der Waals surface area contributed by atoms with Crippen LogP contribution in [-0.4, -0.2) is 49.0 Å². The maximum Gasteiger partial charge on any atom is 0.230 e. The fraction of sp³-hybridized carbons (Fsp3) is 0.304. The van der Waals surface area contributed by atoms with E-state index in [9.17, 15) is 4.79 Å². The topological polar surface area (TPSA) is 61.6 Å². The van der Waals surface area contributed by atoms with Gasteiger partial charge in [0.2, 0.25) is 11.8 Å². The normalized spacial score (nSPS) is 14.8. The summed E-state index contributed by atoms with van der Waals surface area (Å²) in [4.78, 5) is 21.7. The molecule has 4 rings (SSSR count). The summed E-state index contributed by atoms with van der Waals surface area (Å²) in [6.07, 6.45) is 0.183. The summed E-state index contributed by atoms with van der Waals surface area (Å²) in [7, 11) is 2.15. The Bertz CT molecular complexity index is 958. The van der Waals surface area contributed by atoms with Gasteiger partial charge >= 0.3 is 0 Å². The molecule has 0 aliphatic carbocycles. The van der Waals surface area contributed by atoms with Gasteiger partial charge in [-0.1, -0.05) is 18.2 Å². The van der Waals surface area contributed by atoms with Crippen LogP contribution in [0.2, 0.25) is 0 Å². The van der Waals surface area contributed by atoms with Crippen LogP contribution in [0.15, 0.2) is 59.0 Å². The van der Waals surface area contributed by atoms with Crippen LogP contribution in [-0.2, 0) is 11.2 Å². The van der Waals surface area contributed by atoms with Crippen molar-refractivity contribution in [2.75, 3.05) is 43.4 Å². The number of carbonyl (C=O) groups excluding carboxylic acids is 1. The first-order valence-corrected chi connectivity index (χ1v) is 9.93. The molecule has 0 saturated carbocycles. The van der Waals surface area contributed by atoms with E-state index in [4.69, 9.17) is 4.42 Å². The lowest BCUT2D eigenvalue weighted by Gasteiger charge is -2.34. The number of aromatic nitrogens is 1. The minimum Gasteiger partial charge on any atom is -0.441 e. The van der Waals surface area contributed by atoms with Crippen molar-refractivity contribution >= 4 is 17.3 Å². The van der Waals surface area contributed by atoms with Crippen LogP contribution in [0.5, 0.6) is 0 Å². The summed E-state index contributed by atoms with van der Waals surface area (Å²) in [5.74, 6) is 1.11. The maximum absolute atomic E-state index is 12.5. The van der Waals surface area contributed by atoms with Crippen molar-refractivity contribution in [3.8, 4) is 11.5 Å². The van der Waals surface area contributed by atoms with Crippen molar-refractivity contribution in [2.24, 2.45) is 0 Å². The quantitative estimate of drug-likeness (QED) is 0.721. The average molecular weight is 390 g/mol. The molecule has 1 fully saturated rings. The number of aryl methyl sites for hydroxylation is 1. The fourth-order valence-corrected chi connectivity index (χ4v) is 3.47. The van der Waals surface area contributed by atoms with Gasteiger partial charge < -0.3 is 19.5 Å². The number of oxazole rings is 1. The van der Waals surface area contributed by atoms with Gasteiger partial charge in [0, 0.05) is 43.1 Å². The third-order valence-electron chi connectivity index (χ3n) is 5.26. The number of benzene rings is 2. The molecule has 2 aromatic carbocycles. The van der Waals surface area contributed by atoms with Gasteiger partial charge in [-0.05, 0) is 50.4 Å². The van der Waals surface area contributed by atoms with Crippen molar-refractivity contribution < 1.29 is 9.21 Å². The molecule has 0 atom stereocenters. The van der Waals surface area contributed by atoms with E-state index in [1.54, 1.807) is 0 Å². The van der Waals surface area contributed by atoms with E-state index in [1.807, 2.05) is 49.4 Å². The zero-order valence-corrected chi connectivity index (χ0v) is 16.9. The second kappa shape index (κ2) is 8.49. The highest BCUT2D eigenvalue weighted by molar-refractivity contribution is 5.92. The summed E-state index contributed by atoms with van der Waals surface area (Å²) in [6, 6.07) is 17.7. The van der Waals surface area contributed by atoms with Crippen LogP contribution in [0.3, 0.4) is 0 Å². The van der Waals surface area contributed by atoms with Gasteiger partial charge in [-0.2, -0.15) is 0 Å². The number of hydrogen-bond acceptors (Lipinski definition) is 5. The molecule has 6 nitrogen and oxygen atoms in total. The Hall–Kier alpha value is -3.12. The number of rotatable bonds is 5. The summed E-state index contributed by atoms with van der Waals surface area (Å²) >= 11 is 0. The van der Waals surface area contributed by atoms with Crippen molar-refractivity contribution in [3.63, 3.8) is 0 Å². The molecule has 0 spiro atoms. The lowest BCUT2D eigenvalue weighted by atomic mass is 10.2. The molecule has 29 heavy (non-hydrogen) atoms. The van der Waals surface area contributed by atoms with Crippen molar-refractivity contribution in [1.29, 1.82) is 0 Å². The molecule has 3 aromatic rings. The SMILES string of the molecule is Cc1oc(-c2ccccc2)nc1CC(=O)Nc1ccc(N2CCN(C)CC2)cc1.